The van der Waals surface area contributed by atoms with E-state index in [0.29, 0.717) is 42.1 Å². The molecule has 1 unspecified atom stereocenters. The molecule has 1 atom stereocenters. The number of halogens is 1. The molecule has 1 heterocycles. The van der Waals surface area contributed by atoms with E-state index in [1.807, 2.05) is 40.7 Å². The average Bonchev–Trinajstić information content (AvgIpc) is 2.98. The number of alkyl halides is 1. The Hall–Kier alpha value is -2.25. The molecule has 5 heteroatoms. The molecule has 152 valence electrons. The smallest absolute Gasteiger partial charge is 0.342 e. The summed E-state index contributed by atoms with van der Waals surface area (Å²) >= 11 is 5.86. The van der Waals surface area contributed by atoms with Gasteiger partial charge >= 0.3 is 5.97 Å². The summed E-state index contributed by atoms with van der Waals surface area (Å²) in [5.41, 5.74) is 1.70. The lowest BCUT2D eigenvalue weighted by Gasteiger charge is -2.20. The van der Waals surface area contributed by atoms with E-state index in [4.69, 9.17) is 20.8 Å². The van der Waals surface area contributed by atoms with Crippen LogP contribution in [-0.2, 0) is 16.0 Å². The number of rotatable bonds is 8. The number of hydrogen-bond donors (Lipinski definition) is 0. The second-order valence-corrected chi connectivity index (χ2v) is 8.10. The van der Waals surface area contributed by atoms with Crippen molar-refractivity contribution in [3.05, 3.63) is 40.9 Å². The first-order valence-electron chi connectivity index (χ1n) is 9.24. The summed E-state index contributed by atoms with van der Waals surface area (Å²) in [4.78, 5) is 23.0. The predicted molar refractivity (Wildman–Crippen MR) is 113 cm³/mol. The third-order valence-electron chi connectivity index (χ3n) is 3.95. The van der Waals surface area contributed by atoms with E-state index in [1.54, 1.807) is 6.07 Å². The second-order valence-electron chi connectivity index (χ2n) is 7.84. The van der Waals surface area contributed by atoms with Gasteiger partial charge in [-0.1, -0.05) is 23.6 Å². The first kappa shape index (κ1) is 23.8. The van der Waals surface area contributed by atoms with Crippen LogP contribution in [0.2, 0.25) is 0 Å². The zero-order valence-corrected chi connectivity index (χ0v) is 18.1. The van der Waals surface area contributed by atoms with E-state index in [9.17, 15) is 9.59 Å². The number of carbonyl (C=O) groups excluding carboxylic acids is 2. The summed E-state index contributed by atoms with van der Waals surface area (Å²) in [5.74, 6) is 6.37. The maximum absolute atomic E-state index is 12.7. The van der Waals surface area contributed by atoms with Crippen LogP contribution in [0.3, 0.4) is 0 Å². The van der Waals surface area contributed by atoms with Crippen LogP contribution in [0.1, 0.15) is 69.3 Å². The number of aldehydes is 1. The molecule has 0 aliphatic carbocycles. The highest BCUT2D eigenvalue weighted by Gasteiger charge is 2.25. The minimum Gasteiger partial charge on any atom is -0.461 e. The summed E-state index contributed by atoms with van der Waals surface area (Å²) in [6.45, 7) is 13.4. The Labute approximate surface area is 173 Å². The summed E-state index contributed by atoms with van der Waals surface area (Å²) in [5, 5.41) is 0. The number of hydrogen-bond acceptors (Lipinski definition) is 4. The van der Waals surface area contributed by atoms with E-state index in [2.05, 4.69) is 18.4 Å². The zero-order valence-electron chi connectivity index (χ0n) is 17.4. The Kier molecular flexibility index (Phi) is 9.28. The van der Waals surface area contributed by atoms with Crippen LogP contribution in [0.5, 0.6) is 0 Å². The molecule has 1 aromatic heterocycles. The standard InChI is InChI=1S/C23H29ClO4/c1-16(2)18(10-8-7-9-11-25)13-21-20(22(26)28-23(4,5)6)14-19(27-21)12-17(3)15-24/h11-12,14,18H,1,8,10,13,15H2,2-6H3/b17-12+. The molecular formula is C23H29ClO4. The zero-order chi connectivity index (χ0) is 21.3. The van der Waals surface area contributed by atoms with Gasteiger partial charge in [-0.2, -0.15) is 0 Å². The third kappa shape index (κ3) is 8.19. The van der Waals surface area contributed by atoms with Gasteiger partial charge in [0, 0.05) is 18.7 Å². The summed E-state index contributed by atoms with van der Waals surface area (Å²) < 4.78 is 11.5. The molecule has 0 aliphatic heterocycles. The molecular weight excluding hydrogens is 376 g/mol. The molecule has 0 radical (unpaired) electrons. The summed E-state index contributed by atoms with van der Waals surface area (Å²) in [6.07, 6.45) is 4.18. The number of carbonyl (C=O) groups is 2. The van der Waals surface area contributed by atoms with Crippen LogP contribution in [0.15, 0.2) is 28.2 Å². The molecule has 0 spiro atoms. The SMILES string of the molecule is C=C(C)C(CCC#CC=O)Cc1oc(/C=C(\C)CCl)cc1C(=O)OC(C)(C)C. The van der Waals surface area contributed by atoms with Crippen molar-refractivity contribution in [3.8, 4) is 11.8 Å². The van der Waals surface area contributed by atoms with Crippen molar-refractivity contribution in [3.63, 3.8) is 0 Å². The van der Waals surface area contributed by atoms with Crippen LogP contribution in [0.4, 0.5) is 0 Å². The van der Waals surface area contributed by atoms with Gasteiger partial charge in [0.25, 0.3) is 0 Å². The first-order valence-corrected chi connectivity index (χ1v) is 9.77. The van der Waals surface area contributed by atoms with E-state index in [1.165, 1.54) is 0 Å². The normalized spacial score (nSPS) is 12.7. The lowest BCUT2D eigenvalue weighted by Crippen LogP contribution is -2.24. The number of esters is 1. The molecule has 0 aromatic carbocycles. The van der Waals surface area contributed by atoms with E-state index in [-0.39, 0.29) is 5.92 Å². The highest BCUT2D eigenvalue weighted by atomic mass is 35.5. The lowest BCUT2D eigenvalue weighted by atomic mass is 9.91. The van der Waals surface area contributed by atoms with E-state index in [0.717, 1.165) is 17.6 Å². The van der Waals surface area contributed by atoms with Crippen molar-refractivity contribution in [1.29, 1.82) is 0 Å². The van der Waals surface area contributed by atoms with Crippen LogP contribution in [0.25, 0.3) is 6.08 Å². The Bertz CT molecular complexity index is 797. The van der Waals surface area contributed by atoms with Crippen LogP contribution >= 0.6 is 11.6 Å². The Balaban J connectivity index is 3.19. The number of furan rings is 1. The minimum atomic E-state index is -0.605. The van der Waals surface area contributed by atoms with E-state index < -0.39 is 11.6 Å². The Morgan fingerprint density at radius 1 is 1.39 bits per heavy atom. The number of allylic oxidation sites excluding steroid dienone is 2. The molecule has 0 bridgehead atoms. The molecule has 28 heavy (non-hydrogen) atoms. The molecule has 0 saturated carbocycles. The first-order chi connectivity index (χ1) is 13.1. The van der Waals surface area contributed by atoms with Gasteiger partial charge in [0.05, 0.1) is 0 Å². The predicted octanol–water partition coefficient (Wildman–Crippen LogP) is 5.59. The van der Waals surface area contributed by atoms with Crippen molar-refractivity contribution in [1.82, 2.24) is 0 Å². The monoisotopic (exact) mass is 404 g/mol. The largest absolute Gasteiger partial charge is 0.461 e. The fourth-order valence-corrected chi connectivity index (χ4v) is 2.64. The fourth-order valence-electron chi connectivity index (χ4n) is 2.57. The van der Waals surface area contributed by atoms with Crippen molar-refractivity contribution < 1.29 is 18.7 Å². The van der Waals surface area contributed by atoms with Gasteiger partial charge in [-0.25, -0.2) is 4.79 Å². The molecule has 0 amide bonds. The molecule has 0 N–H and O–H groups in total. The lowest BCUT2D eigenvalue weighted by molar-refractivity contribution is -0.103. The second kappa shape index (κ2) is 10.9. The van der Waals surface area contributed by atoms with Gasteiger partial charge < -0.3 is 9.15 Å². The summed E-state index contributed by atoms with van der Waals surface area (Å²) in [7, 11) is 0. The van der Waals surface area contributed by atoms with E-state index >= 15 is 0 Å². The van der Waals surface area contributed by atoms with Crippen molar-refractivity contribution >= 4 is 29.9 Å². The van der Waals surface area contributed by atoms with Crippen LogP contribution < -0.4 is 0 Å². The maximum atomic E-state index is 12.7. The summed E-state index contributed by atoms with van der Waals surface area (Å²) in [6, 6.07) is 1.70. The molecule has 0 saturated heterocycles. The molecule has 0 aliphatic rings. The van der Waals surface area contributed by atoms with Crippen molar-refractivity contribution in [2.45, 2.75) is 59.5 Å². The highest BCUT2D eigenvalue weighted by molar-refractivity contribution is 6.19. The van der Waals surface area contributed by atoms with Crippen molar-refractivity contribution in [2.75, 3.05) is 5.88 Å². The van der Waals surface area contributed by atoms with Crippen molar-refractivity contribution in [2.24, 2.45) is 5.92 Å². The third-order valence-corrected chi connectivity index (χ3v) is 4.38. The molecule has 1 rings (SSSR count). The van der Waals surface area contributed by atoms with Gasteiger partial charge in [-0.3, -0.25) is 4.79 Å². The number of ether oxygens (including phenoxy) is 1. The topological polar surface area (TPSA) is 56.5 Å². The highest BCUT2D eigenvalue weighted by Crippen LogP contribution is 2.28. The molecule has 0 fully saturated rings. The Morgan fingerprint density at radius 3 is 2.61 bits per heavy atom. The van der Waals surface area contributed by atoms with Gasteiger partial charge in [-0.05, 0) is 65.0 Å². The van der Waals surface area contributed by atoms with Crippen LogP contribution in [-0.4, -0.2) is 23.7 Å². The van der Waals surface area contributed by atoms with Crippen LogP contribution in [0, 0.1) is 17.8 Å². The van der Waals surface area contributed by atoms with Gasteiger partial charge in [0.2, 0.25) is 0 Å². The maximum Gasteiger partial charge on any atom is 0.342 e. The van der Waals surface area contributed by atoms with Gasteiger partial charge in [0.15, 0.2) is 6.29 Å². The van der Waals surface area contributed by atoms with Gasteiger partial charge in [0.1, 0.15) is 22.7 Å². The molecule has 1 aromatic rings. The Morgan fingerprint density at radius 2 is 2.07 bits per heavy atom. The quantitative estimate of drug-likeness (QED) is 0.186. The van der Waals surface area contributed by atoms with Gasteiger partial charge in [-0.15, -0.1) is 11.6 Å². The average molecular weight is 405 g/mol. The minimum absolute atomic E-state index is 0.0687. The molecule has 4 nitrogen and oxygen atoms in total. The fraction of sp³-hybridized carbons (Fsp3) is 0.478.